The van der Waals surface area contributed by atoms with Crippen molar-refractivity contribution in [3.63, 3.8) is 0 Å². The minimum Gasteiger partial charge on any atom is -0.476 e. The highest BCUT2D eigenvalue weighted by Gasteiger charge is 2.31. The second kappa shape index (κ2) is 10.3. The molecule has 0 spiro atoms. The summed E-state index contributed by atoms with van der Waals surface area (Å²) < 4.78 is 5.58. The molecular weight excluding hydrogens is 466 g/mol. The van der Waals surface area contributed by atoms with E-state index in [2.05, 4.69) is 27.8 Å². The van der Waals surface area contributed by atoms with E-state index < -0.39 is 30.1 Å². The van der Waals surface area contributed by atoms with E-state index in [1.807, 2.05) is 50.2 Å². The molecule has 2 amide bonds. The van der Waals surface area contributed by atoms with Gasteiger partial charge in [0.2, 0.25) is 5.91 Å². The first kappa shape index (κ1) is 24.4. The predicted molar refractivity (Wildman–Crippen MR) is 132 cm³/mol. The third-order valence-electron chi connectivity index (χ3n) is 6.04. The van der Waals surface area contributed by atoms with Crippen LogP contribution in [0, 0.1) is 5.92 Å². The molecule has 2 aromatic carbocycles. The Bertz CT molecular complexity index is 1210. The van der Waals surface area contributed by atoms with Gasteiger partial charge >= 0.3 is 12.1 Å². The lowest BCUT2D eigenvalue weighted by atomic mass is 9.98. The fraction of sp³-hybridized carbons (Fsp3) is 0.308. The van der Waals surface area contributed by atoms with Crippen LogP contribution in [0.15, 0.2) is 53.9 Å². The lowest BCUT2D eigenvalue weighted by Gasteiger charge is -2.23. The van der Waals surface area contributed by atoms with E-state index in [1.165, 1.54) is 5.38 Å². The maximum atomic E-state index is 12.9. The first-order valence-electron chi connectivity index (χ1n) is 11.4. The normalized spacial score (nSPS) is 14.1. The molecular formula is C26H27N3O5S. The maximum Gasteiger partial charge on any atom is 0.407 e. The minimum atomic E-state index is -1.12. The van der Waals surface area contributed by atoms with Crippen molar-refractivity contribution < 1.29 is 24.2 Å². The summed E-state index contributed by atoms with van der Waals surface area (Å²) in [5.41, 5.74) is 4.43. The molecule has 35 heavy (non-hydrogen) atoms. The van der Waals surface area contributed by atoms with Crippen molar-refractivity contribution in [2.45, 2.75) is 38.8 Å². The number of thiazole rings is 1. The lowest BCUT2D eigenvalue weighted by molar-refractivity contribution is -0.124. The number of rotatable bonds is 8. The predicted octanol–water partition coefficient (Wildman–Crippen LogP) is 4.58. The number of aromatic nitrogens is 1. The lowest BCUT2D eigenvalue weighted by Crippen LogP contribution is -2.50. The molecule has 1 unspecified atom stereocenters. The van der Waals surface area contributed by atoms with Gasteiger partial charge in [-0.25, -0.2) is 14.6 Å². The zero-order valence-corrected chi connectivity index (χ0v) is 20.5. The Morgan fingerprint density at radius 2 is 1.60 bits per heavy atom. The number of hydrogen-bond donors (Lipinski definition) is 3. The molecule has 0 radical (unpaired) electrons. The van der Waals surface area contributed by atoms with Gasteiger partial charge < -0.3 is 20.5 Å². The molecule has 1 aliphatic carbocycles. The van der Waals surface area contributed by atoms with E-state index in [-0.39, 0.29) is 24.1 Å². The number of alkyl carbamates (subject to hydrolysis) is 1. The monoisotopic (exact) mass is 493 g/mol. The zero-order chi connectivity index (χ0) is 25.1. The Morgan fingerprint density at radius 3 is 2.14 bits per heavy atom. The van der Waals surface area contributed by atoms with Gasteiger partial charge in [-0.15, -0.1) is 11.3 Å². The molecule has 1 aromatic heterocycles. The smallest absolute Gasteiger partial charge is 0.407 e. The van der Waals surface area contributed by atoms with Crippen LogP contribution in [-0.4, -0.2) is 40.7 Å². The summed E-state index contributed by atoms with van der Waals surface area (Å²) in [5.74, 6) is -1.79. The van der Waals surface area contributed by atoms with E-state index in [0.29, 0.717) is 5.01 Å². The molecule has 3 aromatic rings. The summed E-state index contributed by atoms with van der Waals surface area (Å²) >= 11 is 1.15. The number of ether oxygens (including phenoxy) is 1. The van der Waals surface area contributed by atoms with E-state index >= 15 is 0 Å². The van der Waals surface area contributed by atoms with Gasteiger partial charge in [0.15, 0.2) is 5.69 Å². The van der Waals surface area contributed by atoms with Gasteiger partial charge in [0, 0.05) is 11.3 Å². The quantitative estimate of drug-likeness (QED) is 0.423. The average Bonchev–Trinajstić information content (AvgIpc) is 3.45. The molecule has 4 rings (SSSR count). The van der Waals surface area contributed by atoms with Crippen LogP contribution in [0.5, 0.6) is 0 Å². The number of aromatic carboxylic acids is 1. The summed E-state index contributed by atoms with van der Waals surface area (Å²) in [4.78, 5) is 40.7. The Kier molecular flexibility index (Phi) is 7.16. The fourth-order valence-electron chi connectivity index (χ4n) is 4.25. The Hall–Kier alpha value is -3.72. The molecule has 1 heterocycles. The largest absolute Gasteiger partial charge is 0.476 e. The van der Waals surface area contributed by atoms with Crippen LogP contribution >= 0.6 is 11.3 Å². The second-order valence-corrected chi connectivity index (χ2v) is 9.69. The Labute approximate surface area is 207 Å². The van der Waals surface area contributed by atoms with Gasteiger partial charge in [0.1, 0.15) is 17.7 Å². The standard InChI is InChI=1S/C26H27N3O5S/c1-14(2)22(23(30)27-15(3)24-28-21(13-35-24)25(31)32)29-26(33)34-12-20-18-10-6-4-8-16(18)17-9-5-7-11-19(17)20/h4-11,13-15,20,22H,12H2,1-3H3,(H,27,30)(H,29,33)(H,31,32)/t15?,22-/m1/s1. The van der Waals surface area contributed by atoms with Gasteiger partial charge in [-0.05, 0) is 35.1 Å². The van der Waals surface area contributed by atoms with Gasteiger partial charge in [-0.1, -0.05) is 62.4 Å². The fourth-order valence-corrected chi connectivity index (χ4v) is 5.05. The average molecular weight is 494 g/mol. The van der Waals surface area contributed by atoms with Crippen LogP contribution in [0.3, 0.4) is 0 Å². The van der Waals surface area contributed by atoms with Crippen molar-refractivity contribution in [1.29, 1.82) is 0 Å². The number of carbonyl (C=O) groups is 3. The van der Waals surface area contributed by atoms with Crippen molar-refractivity contribution in [2.24, 2.45) is 5.92 Å². The summed E-state index contributed by atoms with van der Waals surface area (Å²) in [5, 5.41) is 16.4. The highest BCUT2D eigenvalue weighted by atomic mass is 32.1. The van der Waals surface area contributed by atoms with E-state index in [0.717, 1.165) is 33.6 Å². The third kappa shape index (κ3) is 5.19. The maximum absolute atomic E-state index is 12.9. The Balaban J connectivity index is 1.38. The van der Waals surface area contributed by atoms with Crippen LogP contribution in [0.25, 0.3) is 11.1 Å². The second-order valence-electron chi connectivity index (χ2n) is 8.80. The van der Waals surface area contributed by atoms with Crippen molar-refractivity contribution >= 4 is 29.3 Å². The molecule has 0 saturated carbocycles. The van der Waals surface area contributed by atoms with Crippen molar-refractivity contribution in [3.8, 4) is 11.1 Å². The number of carbonyl (C=O) groups excluding carboxylic acids is 2. The van der Waals surface area contributed by atoms with Crippen LogP contribution < -0.4 is 10.6 Å². The molecule has 3 N–H and O–H groups in total. The molecule has 8 nitrogen and oxygen atoms in total. The van der Waals surface area contributed by atoms with Crippen molar-refractivity contribution in [2.75, 3.05) is 6.61 Å². The Morgan fingerprint density at radius 1 is 1.00 bits per heavy atom. The molecule has 1 aliphatic rings. The first-order valence-corrected chi connectivity index (χ1v) is 12.2. The number of amides is 2. The highest BCUT2D eigenvalue weighted by molar-refractivity contribution is 7.09. The van der Waals surface area contributed by atoms with Crippen LogP contribution in [-0.2, 0) is 9.53 Å². The van der Waals surface area contributed by atoms with Gasteiger partial charge in [-0.3, -0.25) is 4.79 Å². The first-order chi connectivity index (χ1) is 16.8. The topological polar surface area (TPSA) is 118 Å². The third-order valence-corrected chi connectivity index (χ3v) is 7.06. The van der Waals surface area contributed by atoms with Gasteiger partial charge in [0.05, 0.1) is 6.04 Å². The van der Waals surface area contributed by atoms with E-state index in [9.17, 15) is 14.4 Å². The molecule has 9 heteroatoms. The number of fused-ring (bicyclic) bond motifs is 3. The molecule has 0 aliphatic heterocycles. The molecule has 182 valence electrons. The number of hydrogen-bond acceptors (Lipinski definition) is 6. The molecule has 2 atom stereocenters. The molecule has 0 fully saturated rings. The number of nitrogens with zero attached hydrogens (tertiary/aromatic N) is 1. The number of benzene rings is 2. The van der Waals surface area contributed by atoms with Gasteiger partial charge in [0.25, 0.3) is 0 Å². The van der Waals surface area contributed by atoms with Crippen molar-refractivity contribution in [1.82, 2.24) is 15.6 Å². The van der Waals surface area contributed by atoms with E-state index in [4.69, 9.17) is 9.84 Å². The van der Waals surface area contributed by atoms with E-state index in [1.54, 1.807) is 6.92 Å². The zero-order valence-electron chi connectivity index (χ0n) is 19.6. The summed E-state index contributed by atoms with van der Waals surface area (Å²) in [7, 11) is 0. The van der Waals surface area contributed by atoms with Crippen LogP contribution in [0.4, 0.5) is 4.79 Å². The van der Waals surface area contributed by atoms with Crippen LogP contribution in [0.2, 0.25) is 0 Å². The highest BCUT2D eigenvalue weighted by Crippen LogP contribution is 2.44. The number of nitrogens with one attached hydrogen (secondary N) is 2. The SMILES string of the molecule is CC(NC(=O)[C@H](NC(=O)OCC1c2ccccc2-c2ccccc21)C(C)C)c1nc(C(=O)O)cs1. The number of carboxylic acid groups (broad SMARTS) is 1. The van der Waals surface area contributed by atoms with Crippen molar-refractivity contribution in [3.05, 3.63) is 75.7 Å². The number of carboxylic acids is 1. The summed E-state index contributed by atoms with van der Waals surface area (Å²) in [6.07, 6.45) is -0.671. The molecule has 0 bridgehead atoms. The minimum absolute atomic E-state index is 0.0664. The summed E-state index contributed by atoms with van der Waals surface area (Å²) in [6, 6.07) is 14.8. The van der Waals surface area contributed by atoms with Gasteiger partial charge in [-0.2, -0.15) is 0 Å². The summed E-state index contributed by atoms with van der Waals surface area (Å²) in [6.45, 7) is 5.52. The van der Waals surface area contributed by atoms with Crippen LogP contribution in [0.1, 0.15) is 59.4 Å². The molecule has 0 saturated heterocycles.